The number of carboxylic acid groups (broad SMARTS) is 1. The number of aromatic carboxylic acids is 1. The highest BCUT2D eigenvalue weighted by Crippen LogP contribution is 2.40. The number of halogens is 3. The van der Waals surface area contributed by atoms with Crippen LogP contribution in [0.1, 0.15) is 40.4 Å². The van der Waals surface area contributed by atoms with Crippen LogP contribution in [-0.2, 0) is 12.6 Å². The molecule has 0 spiro atoms. The maximum atomic E-state index is 13.6. The highest BCUT2D eigenvalue weighted by atomic mass is 19.4. The van der Waals surface area contributed by atoms with Gasteiger partial charge in [-0.3, -0.25) is 0 Å². The third-order valence-corrected chi connectivity index (χ3v) is 3.72. The largest absolute Gasteiger partial charge is 0.478 e. The van der Waals surface area contributed by atoms with Crippen molar-refractivity contribution in [2.24, 2.45) is 0 Å². The van der Waals surface area contributed by atoms with Gasteiger partial charge in [0, 0.05) is 0 Å². The Morgan fingerprint density at radius 2 is 1.83 bits per heavy atom. The first-order valence-corrected chi connectivity index (χ1v) is 7.29. The molecule has 23 heavy (non-hydrogen) atoms. The molecule has 122 valence electrons. The van der Waals surface area contributed by atoms with Crippen molar-refractivity contribution in [2.45, 2.75) is 32.9 Å². The molecule has 0 bridgehead atoms. The molecular formula is C18H17F3O2. The zero-order chi connectivity index (χ0) is 17.2. The molecule has 0 fully saturated rings. The number of hydrogen-bond acceptors (Lipinski definition) is 1. The Balaban J connectivity index is 2.68. The SMILES string of the molecule is CCCc1cccc(-c2ccc(C(=O)O)cc2C)c1C(F)(F)F. The van der Waals surface area contributed by atoms with Crippen molar-refractivity contribution in [3.63, 3.8) is 0 Å². The average Bonchev–Trinajstić information content (AvgIpc) is 2.46. The predicted octanol–water partition coefficient (Wildman–Crippen LogP) is 5.33. The minimum Gasteiger partial charge on any atom is -0.478 e. The first kappa shape index (κ1) is 17.1. The molecule has 0 heterocycles. The second-order valence-corrected chi connectivity index (χ2v) is 5.42. The summed E-state index contributed by atoms with van der Waals surface area (Å²) in [6.07, 6.45) is -3.50. The Hall–Kier alpha value is -2.30. The molecule has 2 aromatic carbocycles. The predicted molar refractivity (Wildman–Crippen MR) is 82.6 cm³/mol. The van der Waals surface area contributed by atoms with Crippen molar-refractivity contribution in [3.8, 4) is 11.1 Å². The van der Waals surface area contributed by atoms with Gasteiger partial charge in [0.2, 0.25) is 0 Å². The fraction of sp³-hybridized carbons (Fsp3) is 0.278. The van der Waals surface area contributed by atoms with Gasteiger partial charge in [-0.1, -0.05) is 37.6 Å². The first-order chi connectivity index (χ1) is 10.8. The summed E-state index contributed by atoms with van der Waals surface area (Å²) in [5.74, 6) is -1.10. The highest BCUT2D eigenvalue weighted by molar-refractivity contribution is 5.89. The van der Waals surface area contributed by atoms with Gasteiger partial charge in [0.05, 0.1) is 11.1 Å². The van der Waals surface area contributed by atoms with E-state index in [4.69, 9.17) is 5.11 Å². The summed E-state index contributed by atoms with van der Waals surface area (Å²) in [7, 11) is 0. The molecule has 1 N–H and O–H groups in total. The Kier molecular flexibility index (Phi) is 4.78. The molecule has 2 rings (SSSR count). The van der Waals surface area contributed by atoms with Crippen molar-refractivity contribution in [1.82, 2.24) is 0 Å². The average molecular weight is 322 g/mol. The highest BCUT2D eigenvalue weighted by Gasteiger charge is 2.36. The van der Waals surface area contributed by atoms with Crippen LogP contribution in [0.5, 0.6) is 0 Å². The summed E-state index contributed by atoms with van der Waals surface area (Å²) < 4.78 is 40.7. The third kappa shape index (κ3) is 3.55. The lowest BCUT2D eigenvalue weighted by Crippen LogP contribution is -2.12. The van der Waals surface area contributed by atoms with E-state index in [2.05, 4.69) is 0 Å². The van der Waals surface area contributed by atoms with Crippen LogP contribution in [-0.4, -0.2) is 11.1 Å². The van der Waals surface area contributed by atoms with Crippen LogP contribution in [0.15, 0.2) is 36.4 Å². The number of alkyl halides is 3. The molecule has 5 heteroatoms. The second-order valence-electron chi connectivity index (χ2n) is 5.42. The van der Waals surface area contributed by atoms with Gasteiger partial charge in [-0.2, -0.15) is 13.2 Å². The van der Waals surface area contributed by atoms with Crippen molar-refractivity contribution in [1.29, 1.82) is 0 Å². The van der Waals surface area contributed by atoms with E-state index in [9.17, 15) is 18.0 Å². The van der Waals surface area contributed by atoms with Crippen LogP contribution in [0.4, 0.5) is 13.2 Å². The van der Waals surface area contributed by atoms with E-state index in [0.717, 1.165) is 0 Å². The van der Waals surface area contributed by atoms with Gasteiger partial charge in [-0.05, 0) is 47.7 Å². The van der Waals surface area contributed by atoms with Crippen LogP contribution in [0, 0.1) is 6.92 Å². The van der Waals surface area contributed by atoms with E-state index in [1.165, 1.54) is 30.3 Å². The van der Waals surface area contributed by atoms with Gasteiger partial charge in [-0.25, -0.2) is 4.79 Å². The lowest BCUT2D eigenvalue weighted by atomic mass is 9.90. The molecule has 0 aromatic heterocycles. The summed E-state index contributed by atoms with van der Waals surface area (Å²) in [6, 6.07) is 8.71. The smallest absolute Gasteiger partial charge is 0.417 e. The number of benzene rings is 2. The maximum Gasteiger partial charge on any atom is 0.417 e. The standard InChI is InChI=1S/C18H17F3O2/c1-3-5-12-6-4-7-15(16(12)18(19,20)21)14-9-8-13(17(22)23)10-11(14)2/h4,6-10H,3,5H2,1-2H3,(H,22,23). The van der Waals surface area contributed by atoms with Crippen LogP contribution in [0.3, 0.4) is 0 Å². The van der Waals surface area contributed by atoms with Crippen LogP contribution in [0.2, 0.25) is 0 Å². The van der Waals surface area contributed by atoms with E-state index in [1.807, 2.05) is 6.92 Å². The van der Waals surface area contributed by atoms with E-state index in [0.29, 0.717) is 24.0 Å². The van der Waals surface area contributed by atoms with Gasteiger partial charge in [0.1, 0.15) is 0 Å². The normalized spacial score (nSPS) is 11.5. The number of rotatable bonds is 4. The molecule has 0 unspecified atom stereocenters. The van der Waals surface area contributed by atoms with Gasteiger partial charge >= 0.3 is 12.1 Å². The van der Waals surface area contributed by atoms with Crippen molar-refractivity contribution >= 4 is 5.97 Å². The van der Waals surface area contributed by atoms with Crippen molar-refractivity contribution in [3.05, 3.63) is 58.7 Å². The molecule has 0 aliphatic rings. The zero-order valence-corrected chi connectivity index (χ0v) is 12.9. The van der Waals surface area contributed by atoms with Gasteiger partial charge in [0.25, 0.3) is 0 Å². The molecule has 0 aliphatic carbocycles. The molecule has 0 atom stereocenters. The Labute approximate surface area is 132 Å². The molecule has 0 radical (unpaired) electrons. The van der Waals surface area contributed by atoms with E-state index in [-0.39, 0.29) is 16.7 Å². The quantitative estimate of drug-likeness (QED) is 0.826. The zero-order valence-electron chi connectivity index (χ0n) is 12.9. The Morgan fingerprint density at radius 3 is 2.35 bits per heavy atom. The fourth-order valence-electron chi connectivity index (χ4n) is 2.74. The lowest BCUT2D eigenvalue weighted by molar-refractivity contribution is -0.137. The van der Waals surface area contributed by atoms with Crippen LogP contribution < -0.4 is 0 Å². The molecule has 0 amide bonds. The molecule has 0 saturated carbocycles. The maximum absolute atomic E-state index is 13.6. The van der Waals surface area contributed by atoms with E-state index >= 15 is 0 Å². The summed E-state index contributed by atoms with van der Waals surface area (Å²) in [5, 5.41) is 8.99. The minimum absolute atomic E-state index is 0.0597. The Bertz CT molecular complexity index is 734. The van der Waals surface area contributed by atoms with E-state index < -0.39 is 17.7 Å². The topological polar surface area (TPSA) is 37.3 Å². The number of carboxylic acids is 1. The monoisotopic (exact) mass is 322 g/mol. The van der Waals surface area contributed by atoms with Crippen LogP contribution in [0.25, 0.3) is 11.1 Å². The second kappa shape index (κ2) is 6.44. The first-order valence-electron chi connectivity index (χ1n) is 7.29. The van der Waals surface area contributed by atoms with Gasteiger partial charge in [-0.15, -0.1) is 0 Å². The third-order valence-electron chi connectivity index (χ3n) is 3.72. The number of aryl methyl sites for hydroxylation is 2. The minimum atomic E-state index is -4.46. The number of hydrogen-bond donors (Lipinski definition) is 1. The molecule has 2 nitrogen and oxygen atoms in total. The summed E-state index contributed by atoms with van der Waals surface area (Å²) in [6.45, 7) is 3.45. The molecule has 0 aliphatic heterocycles. The van der Waals surface area contributed by atoms with Gasteiger partial charge < -0.3 is 5.11 Å². The molecule has 2 aromatic rings. The van der Waals surface area contributed by atoms with Crippen molar-refractivity contribution < 1.29 is 23.1 Å². The molecular weight excluding hydrogens is 305 g/mol. The van der Waals surface area contributed by atoms with Gasteiger partial charge in [0.15, 0.2) is 0 Å². The summed E-state index contributed by atoms with van der Waals surface area (Å²) >= 11 is 0. The summed E-state index contributed by atoms with van der Waals surface area (Å²) in [4.78, 5) is 11.0. The number of carbonyl (C=O) groups is 1. The lowest BCUT2D eigenvalue weighted by Gasteiger charge is -2.19. The Morgan fingerprint density at radius 1 is 1.13 bits per heavy atom. The summed E-state index contributed by atoms with van der Waals surface area (Å²) in [5.41, 5.74) is 0.693. The van der Waals surface area contributed by atoms with Crippen LogP contribution >= 0.6 is 0 Å². The van der Waals surface area contributed by atoms with E-state index in [1.54, 1.807) is 13.0 Å². The van der Waals surface area contributed by atoms with Crippen molar-refractivity contribution in [2.75, 3.05) is 0 Å². The molecule has 0 saturated heterocycles. The fourth-order valence-corrected chi connectivity index (χ4v) is 2.74.